The molecule has 31 heavy (non-hydrogen) atoms. The van der Waals surface area contributed by atoms with Gasteiger partial charge in [0.25, 0.3) is 5.17 Å². The van der Waals surface area contributed by atoms with Crippen LogP contribution in [0.3, 0.4) is 0 Å². The lowest BCUT2D eigenvalue weighted by Gasteiger charge is -2.29. The fourth-order valence-electron chi connectivity index (χ4n) is 2.84. The predicted octanol–water partition coefficient (Wildman–Crippen LogP) is 4.18. The molecular weight excluding hydrogens is 454 g/mol. The zero-order valence-electron chi connectivity index (χ0n) is 20.4. The summed E-state index contributed by atoms with van der Waals surface area (Å²) in [4.78, 5) is 2.10. The van der Waals surface area contributed by atoms with Gasteiger partial charge in [0, 0.05) is 52.8 Å². The molecule has 10 heteroatoms. The van der Waals surface area contributed by atoms with Gasteiger partial charge in [-0.2, -0.15) is 12.6 Å². The molecular formula is C21H45NO6S2Si. The second kappa shape index (κ2) is 19.5. The van der Waals surface area contributed by atoms with Gasteiger partial charge in [0.1, 0.15) is 6.10 Å². The van der Waals surface area contributed by atoms with Crippen molar-refractivity contribution >= 4 is 38.8 Å². The van der Waals surface area contributed by atoms with Crippen LogP contribution < -0.4 is 0 Å². The van der Waals surface area contributed by atoms with Crippen LogP contribution in [0, 0.1) is 0 Å². The lowest BCUT2D eigenvalue weighted by molar-refractivity contribution is -0.0348. The molecule has 0 radical (unpaired) electrons. The first-order valence-electron chi connectivity index (χ1n) is 11.3. The number of thiocarbonyl (C=S) groups is 1. The SMILES string of the molecule is CCCCOCC(C)OCC(CS)OC(=S)N(CCCC)CCC[Si](OC)(OC)OC. The minimum absolute atomic E-state index is 0.00261. The molecule has 7 nitrogen and oxygen atoms in total. The summed E-state index contributed by atoms with van der Waals surface area (Å²) in [5.41, 5.74) is 0. The first-order valence-corrected chi connectivity index (χ1v) is 14.3. The van der Waals surface area contributed by atoms with E-state index in [1.165, 1.54) is 0 Å². The Bertz CT molecular complexity index is 438. The fraction of sp³-hybridized carbons (Fsp3) is 0.952. The molecule has 0 saturated heterocycles. The van der Waals surface area contributed by atoms with Crippen LogP contribution in [-0.4, -0.2) is 91.1 Å². The van der Waals surface area contributed by atoms with E-state index in [1.807, 2.05) is 6.92 Å². The van der Waals surface area contributed by atoms with E-state index in [4.69, 9.17) is 39.7 Å². The Balaban J connectivity index is 4.59. The van der Waals surface area contributed by atoms with E-state index in [9.17, 15) is 0 Å². The average molecular weight is 500 g/mol. The second-order valence-corrected chi connectivity index (χ2v) is 11.3. The molecule has 0 fully saturated rings. The van der Waals surface area contributed by atoms with Crippen molar-refractivity contribution < 1.29 is 27.5 Å². The maximum absolute atomic E-state index is 6.05. The standard InChI is InChI=1S/C21H45NO6S2Si/c1-7-9-12-22(13-11-15-31(23-4,24-5)25-6)21(30)28-20(18-29)17-27-19(3)16-26-14-10-8-2/h19-20,29H,7-18H2,1-6H3. The van der Waals surface area contributed by atoms with Gasteiger partial charge in [0.2, 0.25) is 0 Å². The van der Waals surface area contributed by atoms with E-state index in [2.05, 4.69) is 31.4 Å². The Morgan fingerprint density at radius 2 is 1.58 bits per heavy atom. The van der Waals surface area contributed by atoms with Crippen molar-refractivity contribution in [3.05, 3.63) is 0 Å². The van der Waals surface area contributed by atoms with E-state index in [0.29, 0.717) is 24.1 Å². The van der Waals surface area contributed by atoms with Gasteiger partial charge in [-0.25, -0.2) is 0 Å². The average Bonchev–Trinajstić information content (AvgIpc) is 2.79. The molecule has 0 spiro atoms. The van der Waals surface area contributed by atoms with Crippen molar-refractivity contribution in [3.63, 3.8) is 0 Å². The molecule has 2 atom stereocenters. The monoisotopic (exact) mass is 499 g/mol. The highest BCUT2D eigenvalue weighted by Gasteiger charge is 2.37. The van der Waals surface area contributed by atoms with Gasteiger partial charge in [0.05, 0.1) is 19.3 Å². The van der Waals surface area contributed by atoms with Gasteiger partial charge in [0.15, 0.2) is 0 Å². The zero-order valence-corrected chi connectivity index (χ0v) is 23.1. The molecule has 0 aliphatic rings. The molecule has 0 aliphatic carbocycles. The predicted molar refractivity (Wildman–Crippen MR) is 135 cm³/mol. The van der Waals surface area contributed by atoms with Crippen LogP contribution in [0.1, 0.15) is 52.9 Å². The maximum atomic E-state index is 6.05. The Kier molecular flexibility index (Phi) is 19.6. The van der Waals surface area contributed by atoms with Crippen LogP contribution in [0.2, 0.25) is 6.04 Å². The topological polar surface area (TPSA) is 58.6 Å². The number of thiol groups is 1. The van der Waals surface area contributed by atoms with E-state index >= 15 is 0 Å². The molecule has 0 bridgehead atoms. The summed E-state index contributed by atoms with van der Waals surface area (Å²) in [6, 6.07) is 0.719. The van der Waals surface area contributed by atoms with E-state index in [1.54, 1.807) is 21.3 Å². The van der Waals surface area contributed by atoms with Crippen LogP contribution in [0.4, 0.5) is 0 Å². The summed E-state index contributed by atoms with van der Waals surface area (Å²) in [7, 11) is 2.32. The Morgan fingerprint density at radius 3 is 2.13 bits per heavy atom. The van der Waals surface area contributed by atoms with Gasteiger partial charge in [-0.3, -0.25) is 0 Å². The Morgan fingerprint density at radius 1 is 0.968 bits per heavy atom. The third kappa shape index (κ3) is 14.0. The third-order valence-electron chi connectivity index (χ3n) is 4.92. The number of rotatable bonds is 20. The minimum Gasteiger partial charge on any atom is -0.464 e. The number of unbranched alkanes of at least 4 members (excludes halogenated alkanes) is 2. The molecule has 0 aromatic rings. The summed E-state index contributed by atoms with van der Waals surface area (Å²) in [6.45, 7) is 9.69. The highest BCUT2D eigenvalue weighted by Crippen LogP contribution is 2.16. The molecule has 0 saturated carbocycles. The Hall–Kier alpha value is 0.0569. The van der Waals surface area contributed by atoms with Crippen molar-refractivity contribution in [1.82, 2.24) is 4.90 Å². The van der Waals surface area contributed by atoms with Crippen LogP contribution in [-0.2, 0) is 27.5 Å². The molecule has 0 aliphatic heterocycles. The fourth-order valence-corrected chi connectivity index (χ4v) is 5.04. The van der Waals surface area contributed by atoms with E-state index < -0.39 is 8.80 Å². The highest BCUT2D eigenvalue weighted by atomic mass is 32.1. The molecule has 0 N–H and O–H groups in total. The maximum Gasteiger partial charge on any atom is 0.500 e. The van der Waals surface area contributed by atoms with Gasteiger partial charge in [-0.05, 0) is 38.4 Å². The minimum atomic E-state index is -2.59. The van der Waals surface area contributed by atoms with Crippen molar-refractivity contribution in [2.45, 2.75) is 71.1 Å². The number of ether oxygens (including phenoxy) is 3. The van der Waals surface area contributed by atoms with Gasteiger partial charge < -0.3 is 32.4 Å². The number of hydrogen-bond acceptors (Lipinski definition) is 8. The van der Waals surface area contributed by atoms with Gasteiger partial charge >= 0.3 is 8.80 Å². The highest BCUT2D eigenvalue weighted by molar-refractivity contribution is 7.80. The quantitative estimate of drug-likeness (QED) is 0.116. The largest absolute Gasteiger partial charge is 0.500 e. The second-order valence-electron chi connectivity index (χ2n) is 7.50. The summed E-state index contributed by atoms with van der Waals surface area (Å²) in [5, 5.41) is 0.488. The normalized spacial score (nSPS) is 13.8. The molecule has 0 amide bonds. The van der Waals surface area contributed by atoms with Crippen LogP contribution in [0.15, 0.2) is 0 Å². The third-order valence-corrected chi connectivity index (χ3v) is 8.51. The van der Waals surface area contributed by atoms with E-state index in [-0.39, 0.29) is 12.2 Å². The lowest BCUT2D eigenvalue weighted by Crippen LogP contribution is -2.44. The Labute approximate surface area is 202 Å². The van der Waals surface area contributed by atoms with Crippen molar-refractivity contribution in [3.8, 4) is 0 Å². The first kappa shape index (κ1) is 31.1. The van der Waals surface area contributed by atoms with Gasteiger partial charge in [-0.15, -0.1) is 0 Å². The van der Waals surface area contributed by atoms with Crippen LogP contribution in [0.25, 0.3) is 0 Å². The van der Waals surface area contributed by atoms with Crippen molar-refractivity contribution in [1.29, 1.82) is 0 Å². The molecule has 0 aromatic heterocycles. The summed E-state index contributed by atoms with van der Waals surface area (Å²) in [6.07, 6.45) is 4.96. The molecule has 186 valence electrons. The summed E-state index contributed by atoms with van der Waals surface area (Å²) in [5.74, 6) is 0.526. The first-order chi connectivity index (χ1) is 14.9. The molecule has 2 unspecified atom stereocenters. The van der Waals surface area contributed by atoms with Crippen molar-refractivity contribution in [2.75, 3.05) is 60.0 Å². The van der Waals surface area contributed by atoms with Crippen LogP contribution in [0.5, 0.6) is 0 Å². The van der Waals surface area contributed by atoms with Crippen molar-refractivity contribution in [2.24, 2.45) is 0 Å². The molecule has 0 heterocycles. The number of hydrogen-bond donors (Lipinski definition) is 1. The van der Waals surface area contributed by atoms with Crippen LogP contribution >= 0.6 is 24.8 Å². The van der Waals surface area contributed by atoms with E-state index in [0.717, 1.165) is 57.8 Å². The van der Waals surface area contributed by atoms with Gasteiger partial charge in [-0.1, -0.05) is 26.7 Å². The molecule has 0 aromatic carbocycles. The smallest absolute Gasteiger partial charge is 0.464 e. The number of nitrogens with zero attached hydrogens (tertiary/aromatic N) is 1. The molecule has 0 rings (SSSR count). The summed E-state index contributed by atoms with van der Waals surface area (Å²) < 4.78 is 34.1. The summed E-state index contributed by atoms with van der Waals surface area (Å²) >= 11 is 10.0. The zero-order chi connectivity index (χ0) is 23.5. The lowest BCUT2D eigenvalue weighted by atomic mass is 10.3.